The molecule has 3 rings (SSSR count). The second-order valence-corrected chi connectivity index (χ2v) is 7.94. The molecule has 0 aliphatic carbocycles. The molecule has 3 aromatic rings. The van der Waals surface area contributed by atoms with Gasteiger partial charge in [0.15, 0.2) is 5.65 Å². The molecule has 0 fully saturated rings. The summed E-state index contributed by atoms with van der Waals surface area (Å²) in [5.41, 5.74) is 2.06. The zero-order chi connectivity index (χ0) is 23.3. The van der Waals surface area contributed by atoms with Crippen LogP contribution in [0.3, 0.4) is 0 Å². The number of pyridine rings is 1. The Hall–Kier alpha value is -3.75. The zero-order valence-corrected chi connectivity index (χ0v) is 18.7. The maximum atomic E-state index is 12.7. The highest BCUT2D eigenvalue weighted by molar-refractivity contribution is 5.94. The molecule has 32 heavy (non-hydrogen) atoms. The number of aryl methyl sites for hydroxylation is 1. The summed E-state index contributed by atoms with van der Waals surface area (Å²) in [6.45, 7) is 8.83. The van der Waals surface area contributed by atoms with Crippen LogP contribution in [0, 0.1) is 12.8 Å². The molecule has 0 bridgehead atoms. The van der Waals surface area contributed by atoms with Crippen molar-refractivity contribution in [3.8, 4) is 5.69 Å². The smallest absolute Gasteiger partial charge is 0.256 e. The van der Waals surface area contributed by atoms with Gasteiger partial charge in [-0.05, 0) is 43.2 Å². The van der Waals surface area contributed by atoms with E-state index in [-0.39, 0.29) is 17.4 Å². The fourth-order valence-electron chi connectivity index (χ4n) is 3.17. The number of nitrogens with one attached hydrogen (secondary N) is 3. The third-order valence-corrected chi connectivity index (χ3v) is 4.78. The predicted molar refractivity (Wildman–Crippen MR) is 124 cm³/mol. The van der Waals surface area contributed by atoms with Crippen LogP contribution in [0.15, 0.2) is 41.2 Å². The van der Waals surface area contributed by atoms with Crippen molar-refractivity contribution in [1.82, 2.24) is 25.2 Å². The van der Waals surface area contributed by atoms with E-state index in [9.17, 15) is 14.4 Å². The second kappa shape index (κ2) is 10.0. The highest BCUT2D eigenvalue weighted by atomic mass is 16.2. The number of anilines is 1. The van der Waals surface area contributed by atoms with E-state index in [1.807, 2.05) is 20.8 Å². The number of hydrogen-bond donors (Lipinski definition) is 3. The van der Waals surface area contributed by atoms with Gasteiger partial charge in [0.2, 0.25) is 11.9 Å². The number of nitrogens with zero attached hydrogens (tertiary/aromatic N) is 3. The van der Waals surface area contributed by atoms with Crippen LogP contribution < -0.4 is 21.5 Å². The van der Waals surface area contributed by atoms with Gasteiger partial charge >= 0.3 is 0 Å². The first kappa shape index (κ1) is 22.9. The maximum absolute atomic E-state index is 12.7. The zero-order valence-electron chi connectivity index (χ0n) is 18.7. The summed E-state index contributed by atoms with van der Waals surface area (Å²) in [6.07, 6.45) is 0. The first-order valence-corrected chi connectivity index (χ1v) is 10.5. The van der Waals surface area contributed by atoms with Crippen LogP contribution in [0.2, 0.25) is 0 Å². The van der Waals surface area contributed by atoms with Gasteiger partial charge in [-0.1, -0.05) is 13.8 Å². The van der Waals surface area contributed by atoms with Gasteiger partial charge in [0.05, 0.1) is 11.4 Å². The van der Waals surface area contributed by atoms with Gasteiger partial charge in [-0.3, -0.25) is 19.0 Å². The van der Waals surface area contributed by atoms with Crippen LogP contribution in [0.5, 0.6) is 0 Å². The Labute approximate surface area is 186 Å². The minimum Gasteiger partial charge on any atom is -0.355 e. The number of carbonyl (C=O) groups is 2. The van der Waals surface area contributed by atoms with Crippen LogP contribution in [0.25, 0.3) is 16.7 Å². The summed E-state index contributed by atoms with van der Waals surface area (Å²) >= 11 is 0. The SMILES string of the molecule is CC(=O)NCCNc1nc(C)c2ccc(=O)n(-c3ccc(C(=O)NCC(C)C)cc3)c2n1. The Balaban J connectivity index is 1.93. The summed E-state index contributed by atoms with van der Waals surface area (Å²) in [7, 11) is 0. The molecule has 1 aromatic carbocycles. The largest absolute Gasteiger partial charge is 0.355 e. The molecule has 2 heterocycles. The first-order valence-electron chi connectivity index (χ1n) is 10.5. The molecule has 168 valence electrons. The molecule has 0 aliphatic heterocycles. The number of aromatic nitrogens is 3. The molecular formula is C23H28N6O3. The average Bonchev–Trinajstić information content (AvgIpc) is 2.75. The Morgan fingerprint density at radius 2 is 1.72 bits per heavy atom. The molecule has 0 atom stereocenters. The van der Waals surface area contributed by atoms with E-state index in [4.69, 9.17) is 0 Å². The molecule has 9 nitrogen and oxygen atoms in total. The van der Waals surface area contributed by atoms with Crippen molar-refractivity contribution >= 4 is 28.8 Å². The van der Waals surface area contributed by atoms with Gasteiger partial charge in [-0.25, -0.2) is 4.98 Å². The van der Waals surface area contributed by atoms with Crippen LogP contribution in [0.1, 0.15) is 36.8 Å². The van der Waals surface area contributed by atoms with E-state index in [0.29, 0.717) is 48.4 Å². The van der Waals surface area contributed by atoms with Gasteiger partial charge < -0.3 is 16.0 Å². The van der Waals surface area contributed by atoms with Gasteiger partial charge in [0, 0.05) is 43.6 Å². The summed E-state index contributed by atoms with van der Waals surface area (Å²) in [5.74, 6) is 0.456. The number of carbonyl (C=O) groups excluding carboxylic acids is 2. The number of hydrogen-bond acceptors (Lipinski definition) is 6. The molecule has 2 aromatic heterocycles. The fraction of sp³-hybridized carbons (Fsp3) is 0.348. The van der Waals surface area contributed by atoms with Gasteiger partial charge in [0.1, 0.15) is 0 Å². The van der Waals surface area contributed by atoms with E-state index in [1.165, 1.54) is 17.6 Å². The van der Waals surface area contributed by atoms with Crippen LogP contribution in [-0.2, 0) is 4.79 Å². The molecule has 0 saturated heterocycles. The van der Waals surface area contributed by atoms with E-state index in [1.54, 1.807) is 30.3 Å². The molecule has 3 N–H and O–H groups in total. The van der Waals surface area contributed by atoms with E-state index in [2.05, 4.69) is 25.9 Å². The summed E-state index contributed by atoms with van der Waals surface area (Å²) in [4.78, 5) is 45.1. The van der Waals surface area contributed by atoms with Crippen molar-refractivity contribution in [2.24, 2.45) is 5.92 Å². The van der Waals surface area contributed by atoms with Crippen molar-refractivity contribution in [2.75, 3.05) is 25.0 Å². The van der Waals surface area contributed by atoms with Crippen molar-refractivity contribution in [3.63, 3.8) is 0 Å². The predicted octanol–water partition coefficient (Wildman–Crippen LogP) is 2.02. The second-order valence-electron chi connectivity index (χ2n) is 7.94. The number of fused-ring (bicyclic) bond motifs is 1. The van der Waals surface area contributed by atoms with Gasteiger partial charge in [-0.15, -0.1) is 0 Å². The van der Waals surface area contributed by atoms with Crippen molar-refractivity contribution in [2.45, 2.75) is 27.7 Å². The lowest BCUT2D eigenvalue weighted by atomic mass is 10.1. The van der Waals surface area contributed by atoms with Crippen LogP contribution >= 0.6 is 0 Å². The first-order chi connectivity index (χ1) is 15.3. The Morgan fingerprint density at radius 3 is 2.38 bits per heavy atom. The third-order valence-electron chi connectivity index (χ3n) is 4.78. The molecule has 0 radical (unpaired) electrons. The van der Waals surface area contributed by atoms with E-state index in [0.717, 1.165) is 11.1 Å². The normalized spacial score (nSPS) is 10.9. The highest BCUT2D eigenvalue weighted by Crippen LogP contribution is 2.19. The molecule has 0 unspecified atom stereocenters. The third kappa shape index (κ3) is 5.48. The number of benzene rings is 1. The lowest BCUT2D eigenvalue weighted by Gasteiger charge is -2.13. The maximum Gasteiger partial charge on any atom is 0.256 e. The number of amides is 2. The molecular weight excluding hydrogens is 408 g/mol. The Bertz CT molecular complexity index is 1180. The van der Waals surface area contributed by atoms with Crippen molar-refractivity contribution in [1.29, 1.82) is 0 Å². The lowest BCUT2D eigenvalue weighted by Crippen LogP contribution is -2.27. The van der Waals surface area contributed by atoms with E-state index >= 15 is 0 Å². The van der Waals surface area contributed by atoms with E-state index < -0.39 is 0 Å². The Morgan fingerprint density at radius 1 is 1.00 bits per heavy atom. The lowest BCUT2D eigenvalue weighted by molar-refractivity contribution is -0.118. The summed E-state index contributed by atoms with van der Waals surface area (Å²) in [6, 6.07) is 10.0. The fourth-order valence-corrected chi connectivity index (χ4v) is 3.17. The monoisotopic (exact) mass is 436 g/mol. The molecule has 9 heteroatoms. The molecule has 2 amide bonds. The van der Waals surface area contributed by atoms with Crippen LogP contribution in [0.4, 0.5) is 5.95 Å². The Kier molecular flexibility index (Phi) is 7.19. The van der Waals surface area contributed by atoms with Crippen molar-refractivity contribution < 1.29 is 9.59 Å². The molecule has 0 saturated carbocycles. The highest BCUT2D eigenvalue weighted by Gasteiger charge is 2.13. The summed E-state index contributed by atoms with van der Waals surface area (Å²) in [5, 5.41) is 9.40. The van der Waals surface area contributed by atoms with Crippen LogP contribution in [-0.4, -0.2) is 46.0 Å². The molecule has 0 spiro atoms. The molecule has 0 aliphatic rings. The topological polar surface area (TPSA) is 118 Å². The van der Waals surface area contributed by atoms with Crippen molar-refractivity contribution in [3.05, 3.63) is 58.0 Å². The quantitative estimate of drug-likeness (QED) is 0.465. The minimum atomic E-state index is -0.239. The number of rotatable bonds is 8. The standard InChI is InChI=1S/C23H28N6O3/c1-14(2)13-26-22(32)17-5-7-18(8-6-17)29-20(31)10-9-19-15(3)27-23(28-21(19)29)25-12-11-24-16(4)30/h5-10,14H,11-13H2,1-4H3,(H,24,30)(H,26,32)(H,25,27,28). The van der Waals surface area contributed by atoms with Gasteiger partial charge in [0.25, 0.3) is 11.5 Å². The minimum absolute atomic E-state index is 0.113. The average molecular weight is 437 g/mol. The van der Waals surface area contributed by atoms with Gasteiger partial charge in [-0.2, -0.15) is 4.98 Å². The summed E-state index contributed by atoms with van der Waals surface area (Å²) < 4.78 is 1.50.